The van der Waals surface area contributed by atoms with Gasteiger partial charge in [0.1, 0.15) is 12.4 Å². The van der Waals surface area contributed by atoms with Crippen molar-refractivity contribution in [2.45, 2.75) is 25.7 Å². The van der Waals surface area contributed by atoms with Crippen LogP contribution in [-0.2, 0) is 16.1 Å². The molecule has 4 aromatic rings. The Labute approximate surface area is 267 Å². The monoisotopic (exact) mass is 680 g/mol. The lowest BCUT2D eigenvalue weighted by Gasteiger charge is -2.26. The predicted octanol–water partition coefficient (Wildman–Crippen LogP) is 6.37. The first-order valence-electron chi connectivity index (χ1n) is 13.2. The zero-order chi connectivity index (χ0) is 32.5. The Balaban J connectivity index is 1.63. The van der Waals surface area contributed by atoms with Gasteiger partial charge in [-0.2, -0.15) is 13.2 Å². The van der Waals surface area contributed by atoms with E-state index in [2.05, 4.69) is 4.99 Å². The van der Waals surface area contributed by atoms with E-state index in [0.29, 0.717) is 27.5 Å². The summed E-state index contributed by atoms with van der Waals surface area (Å²) in [7, 11) is 1.38. The van der Waals surface area contributed by atoms with Crippen LogP contribution in [0.15, 0.2) is 81.7 Å². The van der Waals surface area contributed by atoms with Gasteiger partial charge in [-0.25, -0.2) is 14.2 Å². The van der Waals surface area contributed by atoms with Crippen LogP contribution < -0.4 is 24.4 Å². The molecule has 3 aromatic carbocycles. The van der Waals surface area contributed by atoms with Crippen molar-refractivity contribution < 1.29 is 36.6 Å². The molecular formula is C31H22Cl2F4N2O5S. The maximum Gasteiger partial charge on any atom is 0.434 e. The molecule has 2 heterocycles. The number of methoxy groups -OCH3 is 1. The Bertz CT molecular complexity index is 1970. The second-order valence-corrected chi connectivity index (χ2v) is 11.4. The van der Waals surface area contributed by atoms with Crippen molar-refractivity contribution in [3.8, 4) is 11.5 Å². The zero-order valence-electron chi connectivity index (χ0n) is 23.5. The number of rotatable bonds is 8. The van der Waals surface area contributed by atoms with Crippen molar-refractivity contribution in [2.24, 2.45) is 4.99 Å². The summed E-state index contributed by atoms with van der Waals surface area (Å²) >= 11 is 13.2. The molecule has 0 bridgehead atoms. The zero-order valence-corrected chi connectivity index (χ0v) is 25.8. The Morgan fingerprint density at radius 2 is 1.78 bits per heavy atom. The summed E-state index contributed by atoms with van der Waals surface area (Å²) in [5, 5.41) is 0.429. The Kier molecular flexibility index (Phi) is 9.38. The van der Waals surface area contributed by atoms with Gasteiger partial charge in [-0.05, 0) is 66.1 Å². The molecular weight excluding hydrogens is 659 g/mol. The van der Waals surface area contributed by atoms with Crippen LogP contribution in [0, 0.1) is 5.82 Å². The summed E-state index contributed by atoms with van der Waals surface area (Å²) in [6, 6.07) is 13.0. The maximum atomic E-state index is 14.3. The number of fused-ring (bicyclic) bond motifs is 1. The summed E-state index contributed by atoms with van der Waals surface area (Å²) in [6.07, 6.45) is -3.62. The smallest absolute Gasteiger partial charge is 0.434 e. The third kappa shape index (κ3) is 6.77. The molecule has 0 fully saturated rings. The summed E-state index contributed by atoms with van der Waals surface area (Å²) in [4.78, 5) is 30.3. The van der Waals surface area contributed by atoms with Crippen LogP contribution in [0.25, 0.3) is 6.08 Å². The van der Waals surface area contributed by atoms with Gasteiger partial charge in [-0.3, -0.25) is 9.36 Å². The van der Waals surface area contributed by atoms with Gasteiger partial charge in [0.2, 0.25) is 0 Å². The van der Waals surface area contributed by atoms with E-state index in [4.69, 9.17) is 37.4 Å². The Morgan fingerprint density at radius 1 is 1.09 bits per heavy atom. The van der Waals surface area contributed by atoms with Crippen LogP contribution in [-0.4, -0.2) is 30.4 Å². The molecule has 1 atom stereocenters. The lowest BCUT2D eigenvalue weighted by Crippen LogP contribution is -2.41. The highest BCUT2D eigenvalue weighted by Gasteiger charge is 2.45. The summed E-state index contributed by atoms with van der Waals surface area (Å²) in [6.45, 7) is 1.32. The second kappa shape index (κ2) is 13.1. The van der Waals surface area contributed by atoms with Crippen molar-refractivity contribution in [2.75, 3.05) is 13.7 Å². The molecule has 0 unspecified atom stereocenters. The van der Waals surface area contributed by atoms with E-state index in [9.17, 15) is 27.2 Å². The van der Waals surface area contributed by atoms with Crippen molar-refractivity contribution in [3.05, 3.63) is 124 Å². The number of allylic oxidation sites excluding steroid dienone is 1. The number of benzene rings is 3. The summed E-state index contributed by atoms with van der Waals surface area (Å²) in [5.74, 6) is -1.24. The third-order valence-electron chi connectivity index (χ3n) is 6.63. The molecule has 7 nitrogen and oxygen atoms in total. The normalized spacial score (nSPS) is 15.0. The van der Waals surface area contributed by atoms with E-state index in [1.165, 1.54) is 68.6 Å². The molecule has 14 heteroatoms. The van der Waals surface area contributed by atoms with E-state index in [0.717, 1.165) is 4.57 Å². The van der Waals surface area contributed by atoms with Crippen molar-refractivity contribution in [1.82, 2.24) is 4.57 Å². The minimum absolute atomic E-state index is 0.0115. The average Bonchev–Trinajstić information content (AvgIpc) is 3.30. The molecule has 5 rings (SSSR count). The number of thiazole rings is 1. The van der Waals surface area contributed by atoms with E-state index in [-0.39, 0.29) is 44.6 Å². The quantitative estimate of drug-likeness (QED) is 0.160. The third-order valence-corrected chi connectivity index (χ3v) is 8.14. The Hall–Kier alpha value is -4.13. The number of hydrogen-bond acceptors (Lipinski definition) is 7. The lowest BCUT2D eigenvalue weighted by atomic mass is 9.95. The van der Waals surface area contributed by atoms with Crippen molar-refractivity contribution >= 4 is 46.6 Å². The number of ether oxygens (including phenoxy) is 3. The first kappa shape index (κ1) is 32.3. The summed E-state index contributed by atoms with van der Waals surface area (Å²) < 4.78 is 73.5. The van der Waals surface area contributed by atoms with Gasteiger partial charge < -0.3 is 14.2 Å². The van der Waals surface area contributed by atoms with Gasteiger partial charge in [0.05, 0.1) is 34.9 Å². The maximum absolute atomic E-state index is 14.3. The fourth-order valence-electron chi connectivity index (χ4n) is 4.65. The highest BCUT2D eigenvalue weighted by Crippen LogP contribution is 2.39. The van der Waals surface area contributed by atoms with Crippen molar-refractivity contribution in [3.63, 3.8) is 0 Å². The van der Waals surface area contributed by atoms with E-state index >= 15 is 0 Å². The van der Waals surface area contributed by atoms with Crippen LogP contribution in [0.3, 0.4) is 0 Å². The van der Waals surface area contributed by atoms with E-state index in [1.807, 2.05) is 0 Å². The first-order chi connectivity index (χ1) is 21.4. The van der Waals surface area contributed by atoms with Gasteiger partial charge in [-0.15, -0.1) is 0 Å². The molecule has 45 heavy (non-hydrogen) atoms. The largest absolute Gasteiger partial charge is 0.493 e. The number of esters is 1. The highest BCUT2D eigenvalue weighted by molar-refractivity contribution is 7.07. The molecule has 0 spiro atoms. The number of carbonyl (C=O) groups is 1. The minimum Gasteiger partial charge on any atom is -0.493 e. The van der Waals surface area contributed by atoms with Crippen LogP contribution in [0.2, 0.25) is 10.0 Å². The molecule has 1 aliphatic heterocycles. The topological polar surface area (TPSA) is 79.1 Å². The SMILES string of the molecule is CCOC(=O)C1=C(C(F)(F)F)N=c2s/c(=C\c3cc(Cl)c(OCc4ccc(F)cc4)c(OC)c3)c(=O)n2[C@@H]1c1ccc(Cl)cc1. The van der Waals surface area contributed by atoms with Gasteiger partial charge in [0.25, 0.3) is 5.56 Å². The number of alkyl halides is 3. The van der Waals surface area contributed by atoms with Crippen LogP contribution in [0.4, 0.5) is 17.6 Å². The highest BCUT2D eigenvalue weighted by atomic mass is 35.5. The summed E-state index contributed by atoms with van der Waals surface area (Å²) in [5.41, 5.74) is -1.73. The predicted molar refractivity (Wildman–Crippen MR) is 161 cm³/mol. The molecule has 1 aliphatic rings. The van der Waals surface area contributed by atoms with Crippen LogP contribution >= 0.6 is 34.5 Å². The number of halogens is 6. The number of carbonyl (C=O) groups excluding carboxylic acids is 1. The molecule has 0 N–H and O–H groups in total. The molecule has 0 saturated carbocycles. The lowest BCUT2D eigenvalue weighted by molar-refractivity contribution is -0.140. The molecule has 0 saturated heterocycles. The first-order valence-corrected chi connectivity index (χ1v) is 14.8. The average molecular weight is 681 g/mol. The van der Waals surface area contributed by atoms with E-state index < -0.39 is 40.8 Å². The fourth-order valence-corrected chi connectivity index (χ4v) is 6.05. The second-order valence-electron chi connectivity index (χ2n) is 9.56. The van der Waals surface area contributed by atoms with Crippen LogP contribution in [0.5, 0.6) is 11.5 Å². The van der Waals surface area contributed by atoms with Crippen LogP contribution in [0.1, 0.15) is 29.7 Å². The number of hydrogen-bond donors (Lipinski definition) is 0. The number of aromatic nitrogens is 1. The molecule has 1 aromatic heterocycles. The van der Waals surface area contributed by atoms with Gasteiger partial charge in [0, 0.05) is 5.02 Å². The van der Waals surface area contributed by atoms with Gasteiger partial charge in [-0.1, -0.05) is 58.8 Å². The van der Waals surface area contributed by atoms with Gasteiger partial charge >= 0.3 is 12.1 Å². The molecule has 234 valence electrons. The van der Waals surface area contributed by atoms with E-state index in [1.54, 1.807) is 12.1 Å². The Morgan fingerprint density at radius 3 is 2.40 bits per heavy atom. The van der Waals surface area contributed by atoms with Gasteiger partial charge in [0.15, 0.2) is 22.0 Å². The molecule has 0 aliphatic carbocycles. The standard InChI is InChI=1S/C31H22Cl2F4N2O5S/c1-3-43-29(41)24-25(18-6-8-19(32)9-7-18)39-28(40)23(45-30(39)38-27(24)31(35,36)37)14-17-12-21(33)26(22(13-17)42-2)44-15-16-4-10-20(34)11-5-16/h4-14,25H,3,15H2,1-2H3/b23-14-/t25-/m1/s1. The molecule has 0 amide bonds. The van der Waals surface area contributed by atoms with Crippen molar-refractivity contribution in [1.29, 1.82) is 0 Å². The molecule has 0 radical (unpaired) electrons. The fraction of sp³-hybridized carbons (Fsp3) is 0.194. The number of nitrogens with zero attached hydrogens (tertiary/aromatic N) is 2. The minimum atomic E-state index is -5.04.